The molecule has 3 heteroatoms. The molecule has 1 N–H and O–H groups in total. The Bertz CT molecular complexity index is 516. The molecule has 0 aliphatic carbocycles. The molecular weight excluding hydrogens is 262 g/mol. The maximum atomic E-state index is 6.11. The Morgan fingerprint density at radius 3 is 3.00 bits per heavy atom. The van der Waals surface area contributed by atoms with E-state index in [2.05, 4.69) is 38.1 Å². The Hall–Kier alpha value is -1.66. The van der Waals surface area contributed by atoms with Crippen LogP contribution in [0, 0.1) is 12.3 Å². The Morgan fingerprint density at radius 1 is 1.48 bits per heavy atom. The summed E-state index contributed by atoms with van der Waals surface area (Å²) in [5.74, 6) is 4.39. The van der Waals surface area contributed by atoms with Crippen molar-refractivity contribution in [1.29, 1.82) is 0 Å². The summed E-state index contributed by atoms with van der Waals surface area (Å²) in [6.45, 7) is 7.97. The van der Waals surface area contributed by atoms with Crippen LogP contribution in [0.3, 0.4) is 0 Å². The number of ether oxygens (including phenoxy) is 2. The fraction of sp³-hybridized carbons (Fsp3) is 0.556. The van der Waals surface area contributed by atoms with Gasteiger partial charge in [-0.2, -0.15) is 0 Å². The van der Waals surface area contributed by atoms with E-state index in [9.17, 15) is 0 Å². The van der Waals surface area contributed by atoms with Crippen LogP contribution in [-0.2, 0) is 0 Å². The molecule has 0 saturated carbocycles. The van der Waals surface area contributed by atoms with E-state index in [0.29, 0.717) is 12.6 Å². The molecule has 0 bridgehead atoms. The zero-order chi connectivity index (χ0) is 15.3. The third kappa shape index (κ3) is 4.15. The Morgan fingerprint density at radius 2 is 2.29 bits per heavy atom. The highest BCUT2D eigenvalue weighted by Crippen LogP contribution is 2.41. The molecule has 0 fully saturated rings. The maximum Gasteiger partial charge on any atom is 0.128 e. The summed E-state index contributed by atoms with van der Waals surface area (Å²) in [4.78, 5) is 0. The number of rotatable bonds is 6. The molecule has 0 spiro atoms. The average Bonchev–Trinajstić information content (AvgIpc) is 2.42. The van der Waals surface area contributed by atoms with Gasteiger partial charge in [0.2, 0.25) is 0 Å². The van der Waals surface area contributed by atoms with Crippen LogP contribution in [0.1, 0.15) is 51.6 Å². The molecule has 0 amide bonds. The van der Waals surface area contributed by atoms with Crippen LogP contribution in [0.2, 0.25) is 0 Å². The van der Waals surface area contributed by atoms with Crippen LogP contribution in [0.4, 0.5) is 0 Å². The highest BCUT2D eigenvalue weighted by atomic mass is 16.5. The number of fused-ring (bicyclic) bond motifs is 1. The first-order valence-electron chi connectivity index (χ1n) is 7.68. The molecular formula is C18H25NO2. The van der Waals surface area contributed by atoms with E-state index in [1.165, 1.54) is 5.56 Å². The summed E-state index contributed by atoms with van der Waals surface area (Å²) < 4.78 is 11.9. The molecule has 1 aromatic carbocycles. The Labute approximate surface area is 128 Å². The topological polar surface area (TPSA) is 30.5 Å². The molecule has 21 heavy (non-hydrogen) atoms. The monoisotopic (exact) mass is 287 g/mol. The minimum absolute atomic E-state index is 0.165. The van der Waals surface area contributed by atoms with Crippen molar-refractivity contribution < 1.29 is 9.47 Å². The lowest BCUT2D eigenvalue weighted by Crippen LogP contribution is -2.39. The van der Waals surface area contributed by atoms with Gasteiger partial charge in [0.25, 0.3) is 0 Å². The van der Waals surface area contributed by atoms with Gasteiger partial charge < -0.3 is 14.8 Å². The number of hydrogen-bond donors (Lipinski definition) is 1. The Kier molecular flexibility index (Phi) is 5.14. The van der Waals surface area contributed by atoms with E-state index in [1.54, 1.807) is 0 Å². The van der Waals surface area contributed by atoms with Crippen LogP contribution in [0.5, 0.6) is 11.5 Å². The van der Waals surface area contributed by atoms with Crippen molar-refractivity contribution in [3.8, 4) is 23.8 Å². The number of unbranched alkanes of at least 4 members (excludes halogenated alkanes) is 1. The van der Waals surface area contributed by atoms with Crippen molar-refractivity contribution in [2.24, 2.45) is 0 Å². The number of benzene rings is 1. The fourth-order valence-corrected chi connectivity index (χ4v) is 2.71. The second kappa shape index (κ2) is 6.87. The normalized spacial score (nSPS) is 19.2. The van der Waals surface area contributed by atoms with Gasteiger partial charge in [-0.15, -0.1) is 12.3 Å². The van der Waals surface area contributed by atoms with Gasteiger partial charge in [-0.3, -0.25) is 0 Å². The minimum Gasteiger partial charge on any atom is -0.493 e. The molecule has 3 nitrogen and oxygen atoms in total. The highest BCUT2D eigenvalue weighted by Gasteiger charge is 2.33. The minimum atomic E-state index is -0.165. The van der Waals surface area contributed by atoms with Gasteiger partial charge in [-0.25, -0.2) is 0 Å². The SMILES string of the molecule is C#CCCCOc1ccc2c(c1)OC(C)(C)CC2NCC. The van der Waals surface area contributed by atoms with E-state index < -0.39 is 0 Å². The molecule has 1 heterocycles. The van der Waals surface area contributed by atoms with E-state index in [1.807, 2.05) is 12.1 Å². The predicted octanol–water partition coefficient (Wildman–Crippen LogP) is 3.69. The zero-order valence-electron chi connectivity index (χ0n) is 13.2. The first-order chi connectivity index (χ1) is 10.1. The largest absolute Gasteiger partial charge is 0.493 e. The third-order valence-corrected chi connectivity index (χ3v) is 3.63. The van der Waals surface area contributed by atoms with E-state index in [0.717, 1.165) is 37.3 Å². The van der Waals surface area contributed by atoms with Crippen molar-refractivity contribution in [1.82, 2.24) is 5.32 Å². The number of nitrogens with one attached hydrogen (secondary N) is 1. The predicted molar refractivity (Wildman–Crippen MR) is 85.7 cm³/mol. The van der Waals surface area contributed by atoms with Gasteiger partial charge in [-0.1, -0.05) is 13.0 Å². The molecule has 1 aliphatic heterocycles. The summed E-state index contributed by atoms with van der Waals surface area (Å²) >= 11 is 0. The smallest absolute Gasteiger partial charge is 0.128 e. The lowest BCUT2D eigenvalue weighted by Gasteiger charge is -2.38. The van der Waals surface area contributed by atoms with Gasteiger partial charge in [-0.05, 0) is 32.9 Å². The lowest BCUT2D eigenvalue weighted by molar-refractivity contribution is 0.0660. The van der Waals surface area contributed by atoms with Crippen LogP contribution < -0.4 is 14.8 Å². The summed E-state index contributed by atoms with van der Waals surface area (Å²) in [6, 6.07) is 6.45. The second-order valence-electron chi connectivity index (χ2n) is 6.03. The molecule has 0 aromatic heterocycles. The molecule has 1 aromatic rings. The van der Waals surface area contributed by atoms with Crippen LogP contribution in [-0.4, -0.2) is 18.8 Å². The first-order valence-corrected chi connectivity index (χ1v) is 7.68. The number of terminal acetylenes is 1. The van der Waals surface area contributed by atoms with Crippen molar-refractivity contribution in [2.75, 3.05) is 13.2 Å². The summed E-state index contributed by atoms with van der Waals surface area (Å²) in [6.07, 6.45) is 7.83. The van der Waals surface area contributed by atoms with Crippen molar-refractivity contribution >= 4 is 0 Å². The molecule has 1 aliphatic rings. The van der Waals surface area contributed by atoms with E-state index in [4.69, 9.17) is 15.9 Å². The van der Waals surface area contributed by atoms with Gasteiger partial charge in [0.05, 0.1) is 6.61 Å². The summed E-state index contributed by atoms with van der Waals surface area (Å²) in [5.41, 5.74) is 1.05. The summed E-state index contributed by atoms with van der Waals surface area (Å²) in [5, 5.41) is 3.53. The van der Waals surface area contributed by atoms with Crippen molar-refractivity contribution in [2.45, 2.75) is 51.7 Å². The van der Waals surface area contributed by atoms with Crippen molar-refractivity contribution in [3.63, 3.8) is 0 Å². The van der Waals surface area contributed by atoms with Gasteiger partial charge in [0.1, 0.15) is 17.1 Å². The van der Waals surface area contributed by atoms with Crippen molar-refractivity contribution in [3.05, 3.63) is 23.8 Å². The highest BCUT2D eigenvalue weighted by molar-refractivity contribution is 5.44. The quantitative estimate of drug-likeness (QED) is 0.639. The molecule has 2 rings (SSSR count). The summed E-state index contributed by atoms with van der Waals surface area (Å²) in [7, 11) is 0. The first kappa shape index (κ1) is 15.7. The lowest BCUT2D eigenvalue weighted by atomic mass is 9.89. The van der Waals surface area contributed by atoms with E-state index >= 15 is 0 Å². The van der Waals surface area contributed by atoms with Gasteiger partial charge >= 0.3 is 0 Å². The fourth-order valence-electron chi connectivity index (χ4n) is 2.71. The Balaban J connectivity index is 2.12. The molecule has 1 atom stereocenters. The number of hydrogen-bond acceptors (Lipinski definition) is 3. The van der Waals surface area contributed by atoms with Crippen LogP contribution in [0.15, 0.2) is 18.2 Å². The van der Waals surface area contributed by atoms with Crippen LogP contribution in [0.25, 0.3) is 0 Å². The molecule has 0 radical (unpaired) electrons. The molecule has 0 saturated heterocycles. The zero-order valence-corrected chi connectivity index (χ0v) is 13.2. The molecule has 1 unspecified atom stereocenters. The molecule has 114 valence electrons. The average molecular weight is 287 g/mol. The second-order valence-corrected chi connectivity index (χ2v) is 6.03. The standard InChI is InChI=1S/C18H25NO2/c1-5-7-8-11-20-14-9-10-15-16(19-6-2)13-18(3,4)21-17(15)12-14/h1,9-10,12,16,19H,6-8,11,13H2,2-4H3. The van der Waals surface area contributed by atoms with Gasteiger partial charge in [0, 0.05) is 30.5 Å². The van der Waals surface area contributed by atoms with E-state index in [-0.39, 0.29) is 5.60 Å². The van der Waals surface area contributed by atoms with Crippen LogP contribution >= 0.6 is 0 Å². The maximum absolute atomic E-state index is 6.11. The van der Waals surface area contributed by atoms with Gasteiger partial charge in [0.15, 0.2) is 0 Å². The third-order valence-electron chi connectivity index (χ3n) is 3.63.